The van der Waals surface area contributed by atoms with Gasteiger partial charge in [0.15, 0.2) is 0 Å². The minimum atomic E-state index is -0.878. The lowest BCUT2D eigenvalue weighted by atomic mass is 10.1. The molecule has 1 aromatic rings. The number of anilines is 1. The maximum atomic E-state index is 11.2. The number of pyridine rings is 1. The summed E-state index contributed by atoms with van der Waals surface area (Å²) in [5.74, 6) is 0.886. The van der Waals surface area contributed by atoms with Gasteiger partial charge in [-0.25, -0.2) is 9.78 Å². The van der Waals surface area contributed by atoms with Crippen LogP contribution in [-0.2, 0) is 0 Å². The predicted octanol–water partition coefficient (Wildman–Crippen LogP) is 3.14. The number of aromatic carboxylic acids is 1. The van der Waals surface area contributed by atoms with Gasteiger partial charge in [-0.15, -0.1) is 0 Å². The largest absolute Gasteiger partial charge is 0.478 e. The van der Waals surface area contributed by atoms with Gasteiger partial charge in [-0.05, 0) is 30.4 Å². The molecule has 0 amide bonds. The van der Waals surface area contributed by atoms with Crippen LogP contribution in [0.4, 0.5) is 5.82 Å². The zero-order valence-corrected chi connectivity index (χ0v) is 11.9. The van der Waals surface area contributed by atoms with Gasteiger partial charge in [0.1, 0.15) is 5.82 Å². The molecular formula is C15H22N2O2. The minimum absolute atomic E-state index is 0.239. The lowest BCUT2D eigenvalue weighted by molar-refractivity contribution is 0.0696. The van der Waals surface area contributed by atoms with Gasteiger partial charge >= 0.3 is 5.97 Å². The number of carboxylic acid groups (broad SMARTS) is 1. The van der Waals surface area contributed by atoms with Crippen molar-refractivity contribution in [2.45, 2.75) is 39.5 Å². The fourth-order valence-corrected chi connectivity index (χ4v) is 2.49. The quantitative estimate of drug-likeness (QED) is 0.905. The van der Waals surface area contributed by atoms with E-state index in [-0.39, 0.29) is 5.92 Å². The third kappa shape index (κ3) is 3.06. The van der Waals surface area contributed by atoms with Crippen molar-refractivity contribution in [1.82, 2.24) is 4.98 Å². The van der Waals surface area contributed by atoms with Crippen LogP contribution in [0.1, 0.15) is 55.6 Å². The highest BCUT2D eigenvalue weighted by Crippen LogP contribution is 2.26. The Balaban J connectivity index is 2.31. The van der Waals surface area contributed by atoms with Crippen molar-refractivity contribution in [3.8, 4) is 0 Å². The minimum Gasteiger partial charge on any atom is -0.478 e. The number of hydrogen-bond donors (Lipinski definition) is 1. The molecule has 0 bridgehead atoms. The second-order valence-corrected chi connectivity index (χ2v) is 5.61. The van der Waals surface area contributed by atoms with Gasteiger partial charge < -0.3 is 10.0 Å². The topological polar surface area (TPSA) is 53.4 Å². The van der Waals surface area contributed by atoms with Crippen LogP contribution in [0, 0.1) is 5.92 Å². The second kappa shape index (κ2) is 5.59. The zero-order chi connectivity index (χ0) is 14.0. The maximum absolute atomic E-state index is 11.2. The van der Waals surface area contributed by atoms with E-state index in [2.05, 4.69) is 16.8 Å². The van der Waals surface area contributed by atoms with Crippen LogP contribution in [0.5, 0.6) is 0 Å². The van der Waals surface area contributed by atoms with E-state index in [4.69, 9.17) is 0 Å². The molecule has 104 valence electrons. The summed E-state index contributed by atoms with van der Waals surface area (Å²) in [6.45, 7) is 8.25. The Morgan fingerprint density at radius 1 is 1.53 bits per heavy atom. The lowest BCUT2D eigenvalue weighted by Gasteiger charge is -2.19. The molecule has 2 rings (SSSR count). The van der Waals surface area contributed by atoms with Crippen LogP contribution in [-0.4, -0.2) is 29.1 Å². The summed E-state index contributed by atoms with van der Waals surface area (Å²) in [6, 6.07) is 3.39. The molecule has 1 saturated heterocycles. The number of carboxylic acids is 1. The van der Waals surface area contributed by atoms with Gasteiger partial charge in [-0.1, -0.05) is 27.2 Å². The first-order valence-electron chi connectivity index (χ1n) is 7.01. The molecule has 1 unspecified atom stereocenters. The molecule has 0 saturated carbocycles. The number of nitrogens with zero attached hydrogens (tertiary/aromatic N) is 2. The summed E-state index contributed by atoms with van der Waals surface area (Å²) in [7, 11) is 0. The fourth-order valence-electron chi connectivity index (χ4n) is 2.49. The standard InChI is InChI=1S/C15H22N2O2/c1-4-11-5-6-17(9-11)14-8-12(15(18)19)7-13(16-14)10(2)3/h7-8,10-11H,4-6,9H2,1-3H3,(H,18,19). The van der Waals surface area contributed by atoms with Gasteiger partial charge in [0.05, 0.1) is 5.56 Å². The first kappa shape index (κ1) is 13.8. The molecule has 1 N–H and O–H groups in total. The van der Waals surface area contributed by atoms with E-state index in [1.54, 1.807) is 12.1 Å². The Morgan fingerprint density at radius 3 is 2.79 bits per heavy atom. The maximum Gasteiger partial charge on any atom is 0.335 e. The fraction of sp³-hybridized carbons (Fsp3) is 0.600. The van der Waals surface area contributed by atoms with Gasteiger partial charge in [-0.2, -0.15) is 0 Å². The van der Waals surface area contributed by atoms with Crippen molar-refractivity contribution in [2.75, 3.05) is 18.0 Å². The normalized spacial score (nSPS) is 19.2. The summed E-state index contributed by atoms with van der Waals surface area (Å²) < 4.78 is 0. The molecule has 19 heavy (non-hydrogen) atoms. The van der Waals surface area contributed by atoms with Crippen LogP contribution >= 0.6 is 0 Å². The molecule has 0 aliphatic carbocycles. The van der Waals surface area contributed by atoms with Gasteiger partial charge in [0.25, 0.3) is 0 Å². The molecular weight excluding hydrogens is 240 g/mol. The van der Waals surface area contributed by atoms with Crippen LogP contribution in [0.2, 0.25) is 0 Å². The third-order valence-electron chi connectivity index (χ3n) is 3.86. The molecule has 0 aromatic carbocycles. The highest BCUT2D eigenvalue weighted by atomic mass is 16.4. The summed E-state index contributed by atoms with van der Waals surface area (Å²) in [4.78, 5) is 18.1. The van der Waals surface area contributed by atoms with Gasteiger partial charge in [-0.3, -0.25) is 0 Å². The monoisotopic (exact) mass is 262 g/mol. The van der Waals surface area contributed by atoms with Crippen molar-refractivity contribution in [3.05, 3.63) is 23.4 Å². The molecule has 1 aliphatic heterocycles. The molecule has 4 nitrogen and oxygen atoms in total. The second-order valence-electron chi connectivity index (χ2n) is 5.61. The molecule has 1 fully saturated rings. The molecule has 0 radical (unpaired) electrons. The van der Waals surface area contributed by atoms with E-state index < -0.39 is 5.97 Å². The van der Waals surface area contributed by atoms with Crippen molar-refractivity contribution in [3.63, 3.8) is 0 Å². The Bertz CT molecular complexity index is 471. The van der Waals surface area contributed by atoms with Gasteiger partial charge in [0.2, 0.25) is 0 Å². The Labute approximate surface area is 114 Å². The third-order valence-corrected chi connectivity index (χ3v) is 3.86. The van der Waals surface area contributed by atoms with Crippen molar-refractivity contribution in [1.29, 1.82) is 0 Å². The Morgan fingerprint density at radius 2 is 2.26 bits per heavy atom. The van der Waals surface area contributed by atoms with E-state index in [0.717, 1.165) is 24.6 Å². The first-order chi connectivity index (χ1) is 9.01. The first-order valence-corrected chi connectivity index (χ1v) is 7.01. The summed E-state index contributed by atoms with van der Waals surface area (Å²) in [5, 5.41) is 9.21. The molecule has 2 heterocycles. The van der Waals surface area contributed by atoms with E-state index in [0.29, 0.717) is 11.5 Å². The highest BCUT2D eigenvalue weighted by molar-refractivity contribution is 5.88. The smallest absolute Gasteiger partial charge is 0.335 e. The number of carbonyl (C=O) groups is 1. The van der Waals surface area contributed by atoms with Crippen molar-refractivity contribution < 1.29 is 9.90 Å². The summed E-state index contributed by atoms with van der Waals surface area (Å²) >= 11 is 0. The van der Waals surface area contributed by atoms with Crippen LogP contribution < -0.4 is 4.90 Å². The number of aromatic nitrogens is 1. The van der Waals surface area contributed by atoms with E-state index in [1.165, 1.54) is 12.8 Å². The van der Waals surface area contributed by atoms with Crippen molar-refractivity contribution in [2.24, 2.45) is 5.92 Å². The van der Waals surface area contributed by atoms with Crippen LogP contribution in [0.3, 0.4) is 0 Å². The summed E-state index contributed by atoms with van der Waals surface area (Å²) in [6.07, 6.45) is 2.35. The molecule has 0 spiro atoms. The lowest BCUT2D eigenvalue weighted by Crippen LogP contribution is -2.22. The summed E-state index contributed by atoms with van der Waals surface area (Å²) in [5.41, 5.74) is 1.20. The van der Waals surface area contributed by atoms with Crippen LogP contribution in [0.25, 0.3) is 0 Å². The Hall–Kier alpha value is -1.58. The number of hydrogen-bond acceptors (Lipinski definition) is 3. The van der Waals surface area contributed by atoms with Crippen molar-refractivity contribution >= 4 is 11.8 Å². The van der Waals surface area contributed by atoms with E-state index in [1.807, 2.05) is 13.8 Å². The highest BCUT2D eigenvalue weighted by Gasteiger charge is 2.23. The van der Waals surface area contributed by atoms with Crippen LogP contribution in [0.15, 0.2) is 12.1 Å². The average Bonchev–Trinajstić information content (AvgIpc) is 2.86. The van der Waals surface area contributed by atoms with E-state index >= 15 is 0 Å². The van der Waals surface area contributed by atoms with E-state index in [9.17, 15) is 9.90 Å². The average molecular weight is 262 g/mol. The Kier molecular flexibility index (Phi) is 4.08. The molecule has 4 heteroatoms. The predicted molar refractivity (Wildman–Crippen MR) is 75.9 cm³/mol. The zero-order valence-electron chi connectivity index (χ0n) is 11.9. The molecule has 1 aliphatic rings. The molecule has 1 atom stereocenters. The SMILES string of the molecule is CCC1CCN(c2cc(C(=O)O)cc(C(C)C)n2)C1. The molecule has 1 aromatic heterocycles. The van der Waals surface area contributed by atoms with Gasteiger partial charge in [0, 0.05) is 18.8 Å². The number of rotatable bonds is 4.